The number of aromatic nitrogens is 2. The predicted molar refractivity (Wildman–Crippen MR) is 105 cm³/mol. The molecule has 130 valence electrons. The van der Waals surface area contributed by atoms with Crippen LogP contribution in [0.25, 0.3) is 10.7 Å². The SMILES string of the molecule is C/C=C1/NC(C2CC2)=CC1Nc1nc(-c2ccc(CC)s2)ncc1Cl. The maximum absolute atomic E-state index is 6.35. The van der Waals surface area contributed by atoms with E-state index in [0.29, 0.717) is 16.8 Å². The second-order valence-corrected chi connectivity index (χ2v) is 7.97. The molecule has 2 N–H and O–H groups in total. The Bertz CT molecular complexity index is 851. The first-order chi connectivity index (χ1) is 12.2. The minimum absolute atomic E-state index is 0.0791. The third kappa shape index (κ3) is 3.44. The summed E-state index contributed by atoms with van der Waals surface area (Å²) < 4.78 is 0. The van der Waals surface area contributed by atoms with E-state index in [1.165, 1.54) is 23.4 Å². The van der Waals surface area contributed by atoms with E-state index in [-0.39, 0.29) is 6.04 Å². The van der Waals surface area contributed by atoms with E-state index in [0.717, 1.165) is 22.8 Å². The van der Waals surface area contributed by atoms with Gasteiger partial charge in [0.25, 0.3) is 0 Å². The second-order valence-electron chi connectivity index (χ2n) is 6.40. The van der Waals surface area contributed by atoms with Crippen LogP contribution in [0.3, 0.4) is 0 Å². The molecule has 4 nitrogen and oxygen atoms in total. The summed E-state index contributed by atoms with van der Waals surface area (Å²) in [7, 11) is 0. The first-order valence-electron chi connectivity index (χ1n) is 8.71. The van der Waals surface area contributed by atoms with Crippen LogP contribution in [0.4, 0.5) is 5.82 Å². The smallest absolute Gasteiger partial charge is 0.171 e. The Morgan fingerprint density at radius 2 is 2.24 bits per heavy atom. The second kappa shape index (κ2) is 6.81. The lowest BCUT2D eigenvalue weighted by Gasteiger charge is -2.15. The highest BCUT2D eigenvalue weighted by atomic mass is 35.5. The van der Waals surface area contributed by atoms with Gasteiger partial charge >= 0.3 is 0 Å². The molecule has 1 atom stereocenters. The molecule has 25 heavy (non-hydrogen) atoms. The fourth-order valence-corrected chi connectivity index (χ4v) is 4.02. The summed E-state index contributed by atoms with van der Waals surface area (Å²) in [5.41, 5.74) is 2.48. The van der Waals surface area contributed by atoms with Gasteiger partial charge in [-0.2, -0.15) is 0 Å². The molecule has 0 spiro atoms. The summed E-state index contributed by atoms with van der Waals surface area (Å²) in [6, 6.07) is 4.29. The summed E-state index contributed by atoms with van der Waals surface area (Å²) in [6.07, 6.45) is 9.62. The Morgan fingerprint density at radius 1 is 1.40 bits per heavy atom. The molecule has 6 heteroatoms. The molecular formula is C19H21ClN4S. The van der Waals surface area contributed by atoms with Crippen LogP contribution in [0.5, 0.6) is 0 Å². The van der Waals surface area contributed by atoms with Crippen LogP contribution in [0.1, 0.15) is 31.6 Å². The lowest BCUT2D eigenvalue weighted by atomic mass is 10.2. The summed E-state index contributed by atoms with van der Waals surface area (Å²) in [5.74, 6) is 2.09. The monoisotopic (exact) mass is 372 g/mol. The quantitative estimate of drug-likeness (QED) is 0.775. The Morgan fingerprint density at radius 3 is 2.92 bits per heavy atom. The summed E-state index contributed by atoms with van der Waals surface area (Å²) in [4.78, 5) is 11.5. The lowest BCUT2D eigenvalue weighted by Crippen LogP contribution is -2.22. The average molecular weight is 373 g/mol. The van der Waals surface area contributed by atoms with Crippen molar-refractivity contribution in [3.05, 3.63) is 51.8 Å². The van der Waals surface area contributed by atoms with Gasteiger partial charge < -0.3 is 10.6 Å². The Balaban J connectivity index is 1.60. The fourth-order valence-electron chi connectivity index (χ4n) is 2.98. The Kier molecular flexibility index (Phi) is 4.52. The van der Waals surface area contributed by atoms with Gasteiger partial charge in [0.05, 0.1) is 17.1 Å². The summed E-state index contributed by atoms with van der Waals surface area (Å²) in [6.45, 7) is 4.20. The van der Waals surface area contributed by atoms with Gasteiger partial charge in [-0.3, -0.25) is 0 Å². The Hall–Kier alpha value is -1.85. The van der Waals surface area contributed by atoms with E-state index >= 15 is 0 Å². The molecule has 0 radical (unpaired) electrons. The van der Waals surface area contributed by atoms with Crippen LogP contribution in [-0.2, 0) is 6.42 Å². The van der Waals surface area contributed by atoms with Crippen molar-refractivity contribution < 1.29 is 0 Å². The van der Waals surface area contributed by atoms with Crippen LogP contribution in [0.2, 0.25) is 5.02 Å². The van der Waals surface area contributed by atoms with Crippen LogP contribution in [0, 0.1) is 5.92 Å². The summed E-state index contributed by atoms with van der Waals surface area (Å²) >= 11 is 8.08. The molecule has 2 aromatic heterocycles. The molecule has 2 aliphatic rings. The minimum atomic E-state index is 0.0791. The average Bonchev–Trinajstić information content (AvgIpc) is 3.22. The van der Waals surface area contributed by atoms with Gasteiger partial charge in [0.15, 0.2) is 5.82 Å². The van der Waals surface area contributed by atoms with Crippen LogP contribution in [-0.4, -0.2) is 16.0 Å². The van der Waals surface area contributed by atoms with Crippen LogP contribution in [0.15, 0.2) is 41.9 Å². The maximum Gasteiger partial charge on any atom is 0.171 e. The van der Waals surface area contributed by atoms with Gasteiger partial charge in [-0.15, -0.1) is 11.3 Å². The number of allylic oxidation sites excluding steroid dienone is 2. The topological polar surface area (TPSA) is 49.8 Å². The highest BCUT2D eigenvalue weighted by molar-refractivity contribution is 7.15. The zero-order chi connectivity index (χ0) is 17.4. The van der Waals surface area contributed by atoms with Crippen molar-refractivity contribution >= 4 is 28.8 Å². The number of halogens is 1. The van der Waals surface area contributed by atoms with Crippen molar-refractivity contribution in [3.8, 4) is 10.7 Å². The fraction of sp³-hybridized carbons (Fsp3) is 0.368. The van der Waals surface area contributed by atoms with Crippen molar-refractivity contribution in [3.63, 3.8) is 0 Å². The molecule has 0 aromatic carbocycles. The van der Waals surface area contributed by atoms with Gasteiger partial charge in [-0.1, -0.05) is 24.6 Å². The van der Waals surface area contributed by atoms with Gasteiger partial charge in [-0.05, 0) is 50.3 Å². The van der Waals surface area contributed by atoms with Gasteiger partial charge in [0, 0.05) is 16.3 Å². The largest absolute Gasteiger partial charge is 0.361 e. The number of anilines is 1. The number of nitrogens with one attached hydrogen (secondary N) is 2. The van der Waals surface area contributed by atoms with E-state index in [1.54, 1.807) is 17.5 Å². The van der Waals surface area contributed by atoms with Gasteiger partial charge in [0.2, 0.25) is 0 Å². The van der Waals surface area contributed by atoms with Crippen molar-refractivity contribution in [2.24, 2.45) is 5.92 Å². The number of rotatable bonds is 5. The molecule has 1 saturated carbocycles. The normalized spacial score (nSPS) is 21.3. The highest BCUT2D eigenvalue weighted by Gasteiger charge is 2.32. The molecule has 1 aliphatic heterocycles. The van der Waals surface area contributed by atoms with Gasteiger partial charge in [-0.25, -0.2) is 9.97 Å². The van der Waals surface area contributed by atoms with Crippen molar-refractivity contribution in [2.45, 2.75) is 39.2 Å². The molecule has 1 unspecified atom stereocenters. The third-order valence-electron chi connectivity index (χ3n) is 4.56. The highest BCUT2D eigenvalue weighted by Crippen LogP contribution is 2.39. The van der Waals surface area contributed by atoms with Crippen LogP contribution >= 0.6 is 22.9 Å². The molecule has 3 heterocycles. The first kappa shape index (κ1) is 16.6. The van der Waals surface area contributed by atoms with Crippen molar-refractivity contribution in [1.82, 2.24) is 15.3 Å². The number of nitrogens with zero attached hydrogens (tertiary/aromatic N) is 2. The number of aryl methyl sites for hydroxylation is 1. The Labute approximate surface area is 157 Å². The van der Waals surface area contributed by atoms with Gasteiger partial charge in [0.1, 0.15) is 10.8 Å². The van der Waals surface area contributed by atoms with E-state index < -0.39 is 0 Å². The molecule has 1 fully saturated rings. The van der Waals surface area contributed by atoms with Crippen molar-refractivity contribution in [2.75, 3.05) is 5.32 Å². The van der Waals surface area contributed by atoms with E-state index in [2.05, 4.69) is 51.8 Å². The van der Waals surface area contributed by atoms with E-state index in [4.69, 9.17) is 11.6 Å². The molecular weight excluding hydrogens is 352 g/mol. The van der Waals surface area contributed by atoms with Crippen LogP contribution < -0.4 is 10.6 Å². The zero-order valence-electron chi connectivity index (χ0n) is 14.3. The minimum Gasteiger partial charge on any atom is -0.361 e. The van der Waals surface area contributed by atoms with Crippen molar-refractivity contribution in [1.29, 1.82) is 0 Å². The van der Waals surface area contributed by atoms with E-state index in [9.17, 15) is 0 Å². The number of hydrogen-bond donors (Lipinski definition) is 2. The summed E-state index contributed by atoms with van der Waals surface area (Å²) in [5, 5.41) is 7.53. The lowest BCUT2D eigenvalue weighted by molar-refractivity contribution is 0.860. The predicted octanol–water partition coefficient (Wildman–Crippen LogP) is 5.00. The number of hydrogen-bond acceptors (Lipinski definition) is 5. The third-order valence-corrected chi connectivity index (χ3v) is 6.07. The molecule has 4 rings (SSSR count). The molecule has 2 aromatic rings. The molecule has 0 amide bonds. The number of thiophene rings is 1. The standard InChI is InChI=1S/C19H21ClN4S/c1-3-12-7-8-17(25-12)19-21-10-13(20)18(24-19)23-16-9-15(11-5-6-11)22-14(16)4-2/h4,7-11,16,22H,3,5-6H2,1-2H3,(H,21,23,24)/b14-4+. The van der Waals surface area contributed by atoms with E-state index in [1.807, 2.05) is 6.92 Å². The molecule has 1 aliphatic carbocycles. The maximum atomic E-state index is 6.35. The molecule has 0 saturated heterocycles. The molecule has 0 bridgehead atoms. The first-order valence-corrected chi connectivity index (χ1v) is 9.90. The zero-order valence-corrected chi connectivity index (χ0v) is 15.9.